The number of hydrogen-bond donors (Lipinski definition) is 3. The summed E-state index contributed by atoms with van der Waals surface area (Å²) < 4.78 is 5.85. The van der Waals surface area contributed by atoms with E-state index in [1.807, 2.05) is 0 Å². The monoisotopic (exact) mass is 445 g/mol. The number of rotatable bonds is 5. The van der Waals surface area contributed by atoms with E-state index >= 15 is 0 Å². The molecule has 0 bridgehead atoms. The van der Waals surface area contributed by atoms with Crippen molar-refractivity contribution in [1.29, 1.82) is 0 Å². The summed E-state index contributed by atoms with van der Waals surface area (Å²) in [5.74, 6) is -0.817. The Morgan fingerprint density at radius 2 is 2.04 bits per heavy atom. The Kier molecular flexibility index (Phi) is 5.65. The summed E-state index contributed by atoms with van der Waals surface area (Å²) >= 11 is 3.27. The number of urea groups is 1. The van der Waals surface area contributed by atoms with Gasteiger partial charge in [-0.15, -0.1) is 0 Å². The quantitative estimate of drug-likeness (QED) is 0.484. The molecule has 0 unspecified atom stereocenters. The van der Waals surface area contributed by atoms with Crippen LogP contribution in [-0.2, 0) is 9.59 Å². The van der Waals surface area contributed by atoms with Crippen LogP contribution in [0.3, 0.4) is 0 Å². The number of carbonyl (C=O) groups is 3. The van der Waals surface area contributed by atoms with Crippen molar-refractivity contribution in [3.8, 4) is 11.5 Å². The van der Waals surface area contributed by atoms with Crippen molar-refractivity contribution in [2.24, 2.45) is 0 Å². The summed E-state index contributed by atoms with van der Waals surface area (Å²) in [5.41, 5.74) is 0.735. The summed E-state index contributed by atoms with van der Waals surface area (Å²) in [6.45, 7) is -0.468. The molecule has 8 nitrogen and oxygen atoms in total. The zero-order valence-electron chi connectivity index (χ0n) is 14.7. The number of nitrogens with one attached hydrogen (secondary N) is 2. The van der Waals surface area contributed by atoms with Gasteiger partial charge in [-0.3, -0.25) is 9.59 Å². The maximum absolute atomic E-state index is 12.5. The fraction of sp³-hybridized carbons (Fsp3) is 0.105. The normalized spacial score (nSPS) is 14.9. The lowest BCUT2D eigenvalue weighted by molar-refractivity contribution is -0.127. The summed E-state index contributed by atoms with van der Waals surface area (Å²) in [6, 6.07) is 10.8. The highest BCUT2D eigenvalue weighted by Gasteiger charge is 2.35. The number of benzene rings is 2. The van der Waals surface area contributed by atoms with Gasteiger partial charge in [-0.1, -0.05) is 28.1 Å². The smallest absolute Gasteiger partial charge is 0.329 e. The maximum Gasteiger partial charge on any atom is 0.329 e. The predicted molar refractivity (Wildman–Crippen MR) is 106 cm³/mol. The van der Waals surface area contributed by atoms with Crippen molar-refractivity contribution in [2.45, 2.75) is 0 Å². The fourth-order valence-corrected chi connectivity index (χ4v) is 2.97. The van der Waals surface area contributed by atoms with E-state index in [2.05, 4.69) is 26.6 Å². The number of nitrogens with zero attached hydrogens (tertiary/aromatic N) is 1. The largest absolute Gasteiger partial charge is 0.507 e. The summed E-state index contributed by atoms with van der Waals surface area (Å²) in [7, 11) is 1.47. The molecule has 9 heteroatoms. The van der Waals surface area contributed by atoms with Gasteiger partial charge in [0.25, 0.3) is 5.91 Å². The minimum atomic E-state index is -0.721. The highest BCUT2D eigenvalue weighted by atomic mass is 79.9. The molecule has 144 valence electrons. The van der Waals surface area contributed by atoms with Gasteiger partial charge in [0.05, 0.1) is 12.8 Å². The van der Waals surface area contributed by atoms with Crippen LogP contribution in [0.2, 0.25) is 0 Å². The number of ether oxygens (including phenoxy) is 1. The van der Waals surface area contributed by atoms with Crippen LogP contribution in [0.25, 0.3) is 6.08 Å². The molecule has 0 spiro atoms. The first-order chi connectivity index (χ1) is 13.4. The van der Waals surface area contributed by atoms with E-state index in [9.17, 15) is 19.5 Å². The third-order valence-electron chi connectivity index (χ3n) is 3.93. The fourth-order valence-electron chi connectivity index (χ4n) is 2.59. The maximum atomic E-state index is 12.5. The molecule has 3 rings (SSSR count). The van der Waals surface area contributed by atoms with Crippen LogP contribution in [0.4, 0.5) is 10.5 Å². The van der Waals surface area contributed by atoms with E-state index in [0.717, 1.165) is 4.90 Å². The van der Waals surface area contributed by atoms with Crippen molar-refractivity contribution >= 4 is 45.5 Å². The van der Waals surface area contributed by atoms with Crippen LogP contribution >= 0.6 is 15.9 Å². The highest BCUT2D eigenvalue weighted by molar-refractivity contribution is 9.10. The van der Waals surface area contributed by atoms with Crippen LogP contribution in [0.5, 0.6) is 11.5 Å². The molecule has 0 aliphatic carbocycles. The molecule has 1 aliphatic heterocycles. The van der Waals surface area contributed by atoms with Crippen molar-refractivity contribution in [3.63, 3.8) is 0 Å². The van der Waals surface area contributed by atoms with E-state index < -0.39 is 24.4 Å². The van der Waals surface area contributed by atoms with Gasteiger partial charge in [-0.05, 0) is 36.4 Å². The van der Waals surface area contributed by atoms with Gasteiger partial charge in [-0.2, -0.15) is 0 Å². The first kappa shape index (κ1) is 19.4. The SMILES string of the molecule is COc1ccccc1NC(=O)CN1C(=O)N/C(=C/c2cc(Br)ccc2O)C1=O. The van der Waals surface area contributed by atoms with Gasteiger partial charge in [0.2, 0.25) is 5.91 Å². The van der Waals surface area contributed by atoms with E-state index in [4.69, 9.17) is 4.74 Å². The number of phenols is 1. The first-order valence-electron chi connectivity index (χ1n) is 8.15. The molecule has 1 saturated heterocycles. The Bertz CT molecular complexity index is 989. The molecule has 2 aromatic carbocycles. The minimum absolute atomic E-state index is 0.0384. The molecule has 1 aliphatic rings. The number of phenolic OH excluding ortho intramolecular Hbond substituents is 1. The van der Waals surface area contributed by atoms with Crippen molar-refractivity contribution < 1.29 is 24.2 Å². The Balaban J connectivity index is 1.74. The van der Waals surface area contributed by atoms with Gasteiger partial charge in [0.15, 0.2) is 0 Å². The van der Waals surface area contributed by atoms with E-state index in [1.165, 1.54) is 19.3 Å². The van der Waals surface area contributed by atoms with Crippen LogP contribution in [0.1, 0.15) is 5.56 Å². The van der Waals surface area contributed by atoms with Gasteiger partial charge >= 0.3 is 6.03 Å². The molecule has 0 aromatic heterocycles. The Morgan fingerprint density at radius 3 is 2.79 bits per heavy atom. The Hall–Kier alpha value is -3.33. The molecule has 0 saturated carbocycles. The van der Waals surface area contributed by atoms with Crippen LogP contribution in [0, 0.1) is 0 Å². The molecule has 1 heterocycles. The number of carbonyl (C=O) groups excluding carboxylic acids is 3. The average Bonchev–Trinajstić information content (AvgIpc) is 2.92. The highest BCUT2D eigenvalue weighted by Crippen LogP contribution is 2.26. The summed E-state index contributed by atoms with van der Waals surface area (Å²) in [5, 5.41) is 14.9. The Labute approximate surface area is 168 Å². The van der Waals surface area contributed by atoms with E-state index in [0.29, 0.717) is 21.5 Å². The number of methoxy groups -OCH3 is 1. The van der Waals surface area contributed by atoms with Gasteiger partial charge in [-0.25, -0.2) is 9.69 Å². The predicted octanol–water partition coefficient (Wildman–Crippen LogP) is 2.69. The lowest BCUT2D eigenvalue weighted by Crippen LogP contribution is -2.38. The summed E-state index contributed by atoms with van der Waals surface area (Å²) in [6.07, 6.45) is 1.35. The molecule has 4 amide bonds. The zero-order valence-corrected chi connectivity index (χ0v) is 16.3. The number of imide groups is 1. The van der Waals surface area contributed by atoms with Gasteiger partial charge in [0, 0.05) is 10.0 Å². The van der Waals surface area contributed by atoms with Crippen molar-refractivity contribution in [1.82, 2.24) is 10.2 Å². The molecule has 0 radical (unpaired) electrons. The second kappa shape index (κ2) is 8.13. The molecule has 28 heavy (non-hydrogen) atoms. The van der Waals surface area contributed by atoms with E-state index in [1.54, 1.807) is 36.4 Å². The molecule has 3 N–H and O–H groups in total. The number of halogens is 1. The van der Waals surface area contributed by atoms with E-state index in [-0.39, 0.29) is 11.4 Å². The Morgan fingerprint density at radius 1 is 1.29 bits per heavy atom. The number of aromatic hydroxyl groups is 1. The molecule has 2 aromatic rings. The number of anilines is 1. The number of hydrogen-bond acceptors (Lipinski definition) is 5. The third kappa shape index (κ3) is 4.15. The van der Waals surface area contributed by atoms with Crippen LogP contribution < -0.4 is 15.4 Å². The minimum Gasteiger partial charge on any atom is -0.507 e. The molecule has 1 fully saturated rings. The molecular weight excluding hydrogens is 430 g/mol. The van der Waals surface area contributed by atoms with Gasteiger partial charge in [0.1, 0.15) is 23.7 Å². The average molecular weight is 446 g/mol. The number of amides is 4. The third-order valence-corrected chi connectivity index (χ3v) is 4.43. The van der Waals surface area contributed by atoms with Crippen molar-refractivity contribution in [2.75, 3.05) is 19.0 Å². The van der Waals surface area contributed by atoms with Crippen LogP contribution in [-0.4, -0.2) is 41.5 Å². The van der Waals surface area contributed by atoms with Gasteiger partial charge < -0.3 is 20.5 Å². The topological polar surface area (TPSA) is 108 Å². The lowest BCUT2D eigenvalue weighted by Gasteiger charge is -2.13. The van der Waals surface area contributed by atoms with Crippen molar-refractivity contribution in [3.05, 3.63) is 58.2 Å². The van der Waals surface area contributed by atoms with Crippen LogP contribution in [0.15, 0.2) is 52.6 Å². The molecular formula is C19H16BrN3O5. The number of para-hydroxylation sites is 2. The zero-order chi connectivity index (χ0) is 20.3. The second-order valence-electron chi connectivity index (χ2n) is 5.83. The standard InChI is InChI=1S/C19H16BrN3O5/c1-28-16-5-3-2-4-13(16)21-17(25)10-23-18(26)14(22-19(23)27)9-11-8-12(20)6-7-15(11)24/h2-9,24H,10H2,1H3,(H,21,25)(H,22,27)/b14-9+. The molecule has 0 atom stereocenters. The first-order valence-corrected chi connectivity index (χ1v) is 8.94. The summed E-state index contributed by atoms with van der Waals surface area (Å²) in [4.78, 5) is 37.7. The lowest BCUT2D eigenvalue weighted by atomic mass is 10.1. The second-order valence-corrected chi connectivity index (χ2v) is 6.75.